The quantitative estimate of drug-likeness (QED) is 0.710. The minimum absolute atomic E-state index is 0.226. The normalized spacial score (nSPS) is 23.5. The Balaban J connectivity index is 2.38. The van der Waals surface area contributed by atoms with Gasteiger partial charge < -0.3 is 9.57 Å². The van der Waals surface area contributed by atoms with Crippen molar-refractivity contribution >= 4 is 11.7 Å². The zero-order chi connectivity index (χ0) is 11.6. The van der Waals surface area contributed by atoms with E-state index in [-0.39, 0.29) is 12.6 Å². The van der Waals surface area contributed by atoms with Crippen LogP contribution in [-0.4, -0.2) is 25.4 Å². The number of rotatable bonds is 2. The highest BCUT2D eigenvalue weighted by Crippen LogP contribution is 2.30. The van der Waals surface area contributed by atoms with E-state index in [1.807, 2.05) is 30.3 Å². The Morgan fingerprint density at radius 1 is 1.44 bits per heavy atom. The molecule has 84 valence electrons. The van der Waals surface area contributed by atoms with Crippen LogP contribution in [0.15, 0.2) is 35.5 Å². The topological polar surface area (TPSA) is 47.9 Å². The molecule has 0 fully saturated rings. The highest BCUT2D eigenvalue weighted by atomic mass is 16.6. The predicted molar refractivity (Wildman–Crippen MR) is 59.1 cm³/mol. The van der Waals surface area contributed by atoms with Gasteiger partial charge in [0.15, 0.2) is 0 Å². The summed E-state index contributed by atoms with van der Waals surface area (Å²) in [4.78, 5) is 16.8. The van der Waals surface area contributed by atoms with Gasteiger partial charge in [0.2, 0.25) is 0 Å². The standard InChI is InChI=1S/C12H13NO3/c1-12(11(14)15-2)8-16-13-10(12)9-6-4-3-5-7-9/h3-7H,8H2,1-2H3. The summed E-state index contributed by atoms with van der Waals surface area (Å²) in [7, 11) is 1.37. The number of hydrogen-bond donors (Lipinski definition) is 0. The Bertz CT molecular complexity index is 427. The first-order valence-electron chi connectivity index (χ1n) is 5.03. The molecule has 4 heteroatoms. The fourth-order valence-electron chi connectivity index (χ4n) is 1.74. The van der Waals surface area contributed by atoms with E-state index in [2.05, 4.69) is 5.16 Å². The molecule has 1 aliphatic heterocycles. The number of esters is 1. The van der Waals surface area contributed by atoms with Gasteiger partial charge in [0, 0.05) is 5.56 Å². The molecule has 0 saturated heterocycles. The Morgan fingerprint density at radius 2 is 2.12 bits per heavy atom. The van der Waals surface area contributed by atoms with Gasteiger partial charge in [-0.25, -0.2) is 0 Å². The second-order valence-corrected chi connectivity index (χ2v) is 3.90. The van der Waals surface area contributed by atoms with Crippen LogP contribution in [0.3, 0.4) is 0 Å². The van der Waals surface area contributed by atoms with Gasteiger partial charge in [-0.2, -0.15) is 0 Å². The summed E-state index contributed by atoms with van der Waals surface area (Å²) in [6.07, 6.45) is 0. The lowest BCUT2D eigenvalue weighted by molar-refractivity contribution is -0.149. The molecule has 0 bridgehead atoms. The summed E-state index contributed by atoms with van der Waals surface area (Å²) in [5.74, 6) is -0.326. The van der Waals surface area contributed by atoms with Crippen molar-refractivity contribution in [1.29, 1.82) is 0 Å². The third-order valence-corrected chi connectivity index (χ3v) is 2.71. The number of carbonyl (C=O) groups excluding carboxylic acids is 1. The van der Waals surface area contributed by atoms with E-state index in [4.69, 9.17) is 9.57 Å². The zero-order valence-corrected chi connectivity index (χ0v) is 9.27. The predicted octanol–water partition coefficient (Wildman–Crippen LogP) is 1.60. The highest BCUT2D eigenvalue weighted by molar-refractivity contribution is 6.15. The first kappa shape index (κ1) is 10.7. The third-order valence-electron chi connectivity index (χ3n) is 2.71. The molecule has 0 saturated carbocycles. The summed E-state index contributed by atoms with van der Waals surface area (Å²) < 4.78 is 4.79. The van der Waals surface area contributed by atoms with Crippen LogP contribution < -0.4 is 0 Å². The van der Waals surface area contributed by atoms with Gasteiger partial charge in [-0.3, -0.25) is 4.79 Å². The molecule has 2 rings (SSSR count). The van der Waals surface area contributed by atoms with E-state index < -0.39 is 5.41 Å². The summed E-state index contributed by atoms with van der Waals surface area (Å²) in [6, 6.07) is 9.50. The van der Waals surface area contributed by atoms with Crippen LogP contribution in [0.4, 0.5) is 0 Å². The molecule has 1 unspecified atom stereocenters. The second kappa shape index (κ2) is 3.96. The second-order valence-electron chi connectivity index (χ2n) is 3.90. The molecular formula is C12H13NO3. The summed E-state index contributed by atoms with van der Waals surface area (Å²) in [5.41, 5.74) is 0.698. The number of oxime groups is 1. The molecule has 0 radical (unpaired) electrons. The van der Waals surface area contributed by atoms with Gasteiger partial charge in [-0.15, -0.1) is 0 Å². The number of nitrogens with zero attached hydrogens (tertiary/aromatic N) is 1. The Hall–Kier alpha value is -1.84. The molecule has 0 spiro atoms. The first-order chi connectivity index (χ1) is 7.68. The zero-order valence-electron chi connectivity index (χ0n) is 9.27. The molecule has 0 aliphatic carbocycles. The van der Waals surface area contributed by atoms with Crippen molar-refractivity contribution in [2.24, 2.45) is 10.6 Å². The summed E-state index contributed by atoms with van der Waals surface area (Å²) in [5, 5.41) is 3.94. The number of carbonyl (C=O) groups is 1. The lowest BCUT2D eigenvalue weighted by Gasteiger charge is -2.19. The van der Waals surface area contributed by atoms with Crippen LogP contribution in [0, 0.1) is 5.41 Å². The number of ether oxygens (including phenoxy) is 1. The Kier molecular flexibility index (Phi) is 2.64. The molecule has 0 N–H and O–H groups in total. The number of benzene rings is 1. The van der Waals surface area contributed by atoms with Crippen LogP contribution >= 0.6 is 0 Å². The van der Waals surface area contributed by atoms with Crippen LogP contribution in [0.2, 0.25) is 0 Å². The molecule has 16 heavy (non-hydrogen) atoms. The lowest BCUT2D eigenvalue weighted by atomic mass is 9.83. The van der Waals surface area contributed by atoms with E-state index in [0.29, 0.717) is 5.71 Å². The van der Waals surface area contributed by atoms with Crippen LogP contribution in [0.5, 0.6) is 0 Å². The summed E-state index contributed by atoms with van der Waals surface area (Å²) in [6.45, 7) is 2.00. The van der Waals surface area contributed by atoms with Gasteiger partial charge in [0.25, 0.3) is 0 Å². The van der Waals surface area contributed by atoms with Gasteiger partial charge in [-0.1, -0.05) is 35.5 Å². The number of hydrogen-bond acceptors (Lipinski definition) is 4. The van der Waals surface area contributed by atoms with Crippen LogP contribution in [0.1, 0.15) is 12.5 Å². The van der Waals surface area contributed by atoms with Crippen LogP contribution in [0.25, 0.3) is 0 Å². The average molecular weight is 219 g/mol. The van der Waals surface area contributed by atoms with E-state index >= 15 is 0 Å². The molecule has 1 aromatic rings. The molecule has 1 atom stereocenters. The van der Waals surface area contributed by atoms with Crippen molar-refractivity contribution in [3.05, 3.63) is 35.9 Å². The van der Waals surface area contributed by atoms with Gasteiger partial charge >= 0.3 is 5.97 Å². The van der Waals surface area contributed by atoms with E-state index in [1.165, 1.54) is 7.11 Å². The molecule has 0 amide bonds. The fraction of sp³-hybridized carbons (Fsp3) is 0.333. The van der Waals surface area contributed by atoms with Crippen molar-refractivity contribution in [1.82, 2.24) is 0 Å². The third kappa shape index (κ3) is 1.56. The Morgan fingerprint density at radius 3 is 2.75 bits per heavy atom. The molecule has 0 aromatic heterocycles. The summed E-state index contributed by atoms with van der Waals surface area (Å²) >= 11 is 0. The van der Waals surface area contributed by atoms with Crippen molar-refractivity contribution < 1.29 is 14.4 Å². The maximum Gasteiger partial charge on any atom is 0.321 e. The van der Waals surface area contributed by atoms with Crippen molar-refractivity contribution in [3.63, 3.8) is 0 Å². The average Bonchev–Trinajstić information content (AvgIpc) is 2.72. The van der Waals surface area contributed by atoms with Crippen molar-refractivity contribution in [2.45, 2.75) is 6.92 Å². The SMILES string of the molecule is COC(=O)C1(C)CON=C1c1ccccc1. The monoisotopic (exact) mass is 219 g/mol. The van der Waals surface area contributed by atoms with E-state index in [0.717, 1.165) is 5.56 Å². The van der Waals surface area contributed by atoms with E-state index in [9.17, 15) is 4.79 Å². The van der Waals surface area contributed by atoms with Crippen molar-refractivity contribution in [2.75, 3.05) is 13.7 Å². The van der Waals surface area contributed by atoms with Crippen LogP contribution in [-0.2, 0) is 14.4 Å². The molecular weight excluding hydrogens is 206 g/mol. The number of methoxy groups -OCH3 is 1. The minimum Gasteiger partial charge on any atom is -0.468 e. The molecule has 1 aromatic carbocycles. The maximum atomic E-state index is 11.7. The maximum absolute atomic E-state index is 11.7. The van der Waals surface area contributed by atoms with Gasteiger partial charge in [0.05, 0.1) is 7.11 Å². The largest absolute Gasteiger partial charge is 0.468 e. The molecule has 4 nitrogen and oxygen atoms in total. The fourth-order valence-corrected chi connectivity index (χ4v) is 1.74. The minimum atomic E-state index is -0.809. The smallest absolute Gasteiger partial charge is 0.321 e. The first-order valence-corrected chi connectivity index (χ1v) is 5.03. The van der Waals surface area contributed by atoms with Gasteiger partial charge in [0.1, 0.15) is 17.7 Å². The van der Waals surface area contributed by atoms with E-state index in [1.54, 1.807) is 6.92 Å². The lowest BCUT2D eigenvalue weighted by Crippen LogP contribution is -2.38. The molecule has 1 heterocycles. The Labute approximate surface area is 93.9 Å². The highest BCUT2D eigenvalue weighted by Gasteiger charge is 2.45. The van der Waals surface area contributed by atoms with Gasteiger partial charge in [-0.05, 0) is 6.92 Å². The van der Waals surface area contributed by atoms with Crippen molar-refractivity contribution in [3.8, 4) is 0 Å². The molecule has 1 aliphatic rings.